The van der Waals surface area contributed by atoms with Crippen LogP contribution in [-0.4, -0.2) is 0 Å². The summed E-state index contributed by atoms with van der Waals surface area (Å²) in [4.78, 5) is 4.94. The van der Waals surface area contributed by atoms with Crippen molar-refractivity contribution in [3.8, 4) is 66.8 Å². The first-order chi connectivity index (χ1) is 57.6. The third-order valence-electron chi connectivity index (χ3n) is 26.8. The van der Waals surface area contributed by atoms with Crippen molar-refractivity contribution < 1.29 is 8.83 Å². The Morgan fingerprint density at radius 2 is 0.458 bits per heavy atom. The monoisotopic (exact) mass is 1550 g/mol. The minimum absolute atomic E-state index is 0.0227. The number of anilines is 6. The van der Waals surface area contributed by atoms with Crippen LogP contribution in [-0.2, 0) is 32.5 Å². The summed E-state index contributed by atoms with van der Waals surface area (Å²) < 4.78 is 15.0. The van der Waals surface area contributed by atoms with Crippen LogP contribution >= 0.6 is 0 Å². The van der Waals surface area contributed by atoms with E-state index in [-0.39, 0.29) is 21.7 Å². The van der Waals surface area contributed by atoms with Gasteiger partial charge in [0.05, 0.1) is 11.4 Å². The molecule has 19 aromatic rings. The zero-order chi connectivity index (χ0) is 82.6. The molecule has 17 aromatic carbocycles. The molecule has 0 saturated heterocycles. The molecule has 0 unspecified atom stereocenters. The van der Waals surface area contributed by atoms with Crippen molar-refractivity contribution >= 4 is 121 Å². The summed E-state index contributed by atoms with van der Waals surface area (Å²) >= 11 is 0. The molecule has 21 rings (SSSR count). The average Bonchev–Trinajstić information content (AvgIpc) is 1.50. The Kier molecular flexibility index (Phi) is 16.6. The maximum atomic E-state index is 7.51. The van der Waals surface area contributed by atoms with Crippen LogP contribution in [0.3, 0.4) is 0 Å². The fourth-order valence-electron chi connectivity index (χ4n) is 21.1. The number of hydrogen-bond acceptors (Lipinski definition) is 4. The molecule has 2 aromatic heterocycles. The number of hydrogen-bond donors (Lipinski definition) is 0. The Balaban J connectivity index is 0.749. The van der Waals surface area contributed by atoms with Gasteiger partial charge in [-0.2, -0.15) is 0 Å². The molecule has 4 nitrogen and oxygen atoms in total. The van der Waals surface area contributed by atoms with Crippen LogP contribution in [0.4, 0.5) is 34.1 Å². The summed E-state index contributed by atoms with van der Waals surface area (Å²) in [6, 6.07) is 119. The van der Waals surface area contributed by atoms with Crippen molar-refractivity contribution in [3.05, 3.63) is 360 Å². The highest BCUT2D eigenvalue weighted by atomic mass is 16.3. The predicted octanol–water partition coefficient (Wildman–Crippen LogP) is 33.5. The molecule has 0 bridgehead atoms. The fraction of sp³-hybridized carbons (Fsp3) is 0.190. The molecule has 586 valence electrons. The number of furan rings is 2. The number of fused-ring (bicyclic) bond motifs is 19. The molecule has 4 heteroatoms. The Morgan fingerprint density at radius 1 is 0.233 bits per heavy atom. The van der Waals surface area contributed by atoms with Crippen LogP contribution in [0.5, 0.6) is 0 Å². The van der Waals surface area contributed by atoms with Gasteiger partial charge in [-0.1, -0.05) is 353 Å². The molecule has 0 radical (unpaired) electrons. The highest BCUT2D eigenvalue weighted by Crippen LogP contribution is 2.65. The number of benzene rings is 17. The highest BCUT2D eigenvalue weighted by molar-refractivity contribution is 6.23. The van der Waals surface area contributed by atoms with Crippen LogP contribution in [0, 0.1) is 0 Å². The molecule has 2 aliphatic rings. The molecule has 0 N–H and O–H groups in total. The molecular formula is C116H100N2O2. The topological polar surface area (TPSA) is 32.8 Å². The molecule has 2 heterocycles. The minimum Gasteiger partial charge on any atom is -0.454 e. The van der Waals surface area contributed by atoms with Gasteiger partial charge in [0.15, 0.2) is 11.2 Å². The van der Waals surface area contributed by atoms with Crippen LogP contribution in [0.2, 0.25) is 0 Å². The van der Waals surface area contributed by atoms with Crippen molar-refractivity contribution in [1.82, 2.24) is 0 Å². The van der Waals surface area contributed by atoms with E-state index in [0.717, 1.165) is 100 Å². The summed E-state index contributed by atoms with van der Waals surface area (Å²) in [7, 11) is 0. The van der Waals surface area contributed by atoms with Crippen molar-refractivity contribution in [2.75, 3.05) is 9.80 Å². The van der Waals surface area contributed by atoms with Gasteiger partial charge in [0, 0.05) is 55.1 Å². The molecule has 0 amide bonds. The first-order valence-electron chi connectivity index (χ1n) is 42.9. The zero-order valence-electron chi connectivity index (χ0n) is 71.7. The van der Waals surface area contributed by atoms with E-state index in [9.17, 15) is 0 Å². The second-order valence-corrected chi connectivity index (χ2v) is 39.1. The molecule has 0 spiro atoms. The van der Waals surface area contributed by atoms with Crippen LogP contribution in [0.1, 0.15) is 155 Å². The molecule has 120 heavy (non-hydrogen) atoms. The predicted molar refractivity (Wildman–Crippen MR) is 512 cm³/mol. The van der Waals surface area contributed by atoms with Gasteiger partial charge < -0.3 is 18.6 Å². The molecule has 0 aliphatic heterocycles. The van der Waals surface area contributed by atoms with Crippen molar-refractivity contribution in [2.45, 2.75) is 143 Å². The lowest BCUT2D eigenvalue weighted by molar-refractivity contribution is 0.595. The largest absolute Gasteiger partial charge is 0.454 e. The Labute approximate surface area is 705 Å². The molecular weight excluding hydrogens is 1450 g/mol. The second kappa shape index (κ2) is 26.7. The smallest absolute Gasteiger partial charge is 0.160 e. The fourth-order valence-corrected chi connectivity index (χ4v) is 21.1. The van der Waals surface area contributed by atoms with E-state index < -0.39 is 10.8 Å². The van der Waals surface area contributed by atoms with Crippen molar-refractivity contribution in [2.24, 2.45) is 0 Å². The van der Waals surface area contributed by atoms with E-state index in [2.05, 4.69) is 436 Å². The summed E-state index contributed by atoms with van der Waals surface area (Å²) in [5.74, 6) is 0. The van der Waals surface area contributed by atoms with Gasteiger partial charge in [-0.25, -0.2) is 0 Å². The van der Waals surface area contributed by atoms with E-state index in [1.165, 1.54) is 132 Å². The van der Waals surface area contributed by atoms with E-state index in [0.29, 0.717) is 0 Å². The summed E-state index contributed by atoms with van der Waals surface area (Å²) in [5.41, 5.74) is 33.3. The number of para-hydroxylation sites is 2. The van der Waals surface area contributed by atoms with Gasteiger partial charge >= 0.3 is 0 Å². The van der Waals surface area contributed by atoms with Crippen LogP contribution in [0.25, 0.3) is 154 Å². The maximum absolute atomic E-state index is 7.51. The average molecular weight is 1550 g/mol. The first-order valence-corrected chi connectivity index (χ1v) is 42.9. The lowest BCUT2D eigenvalue weighted by Crippen LogP contribution is -2.24. The lowest BCUT2D eigenvalue weighted by Gasteiger charge is -2.32. The van der Waals surface area contributed by atoms with Gasteiger partial charge in [-0.05, 0) is 249 Å². The number of rotatable bonds is 10. The Morgan fingerprint density at radius 3 is 0.708 bits per heavy atom. The standard InChI is InChI=1S/C116H100N2O2/c1-111(2,3)93-63-59-77(81-29-17-21-33-85(81)93)69-41-49-73(50-42-69)117(74-51-43-70(44-52-74)78-60-64-94(112(4,5)6)86-34-22-18-30-82(78)86)99-67-97-103(105-89-37-25-27-39-101(89)119-109(99)105)91-57-58-92-104-98(116(15,16)108(92)107(91)115(97,13)14)68-100(110-106(104)90-38-26-28-40-102(90)120-110)118(75-53-45-71(46-54-75)79-61-65-95(113(7,8)9)87-35-23-19-31-83(79)87)76-55-47-72(48-56-76)80-62-66-96(114(10,11)12)88-36-24-20-32-84(80)88/h17-68H,1-16H3. The van der Waals surface area contributed by atoms with Gasteiger partial charge in [0.1, 0.15) is 11.2 Å². The van der Waals surface area contributed by atoms with Crippen LogP contribution < -0.4 is 9.80 Å². The Hall–Kier alpha value is -13.0. The summed E-state index contributed by atoms with van der Waals surface area (Å²) in [5, 5.41) is 14.6. The number of nitrogens with zero attached hydrogens (tertiary/aromatic N) is 2. The zero-order valence-corrected chi connectivity index (χ0v) is 71.7. The van der Waals surface area contributed by atoms with Crippen molar-refractivity contribution in [3.63, 3.8) is 0 Å². The Bertz CT molecular complexity index is 6730. The van der Waals surface area contributed by atoms with Crippen LogP contribution in [0.15, 0.2) is 324 Å². The van der Waals surface area contributed by atoms with E-state index >= 15 is 0 Å². The van der Waals surface area contributed by atoms with Gasteiger partial charge in [0.2, 0.25) is 0 Å². The SMILES string of the molecule is CC(C)(C)c1ccc(-c2ccc(N(c3ccc(-c4ccc(C(C)(C)C)c5ccccc45)cc3)c3cc4c(c5c3oc3ccccc35)-c3ccc5c(c3C4(C)C)C(C)(C)c3cc(N(c4ccc(-c6ccc(C(C)(C)C)c7ccccc67)cc4)c4ccc(-c6ccc(C(C)(C)C)c7ccccc67)cc4)c4oc6ccccc6c4c3-5)cc2)c2ccccc12. The molecule has 0 fully saturated rings. The van der Waals surface area contributed by atoms with Gasteiger partial charge in [0.25, 0.3) is 0 Å². The minimum atomic E-state index is -0.538. The third-order valence-corrected chi connectivity index (χ3v) is 26.8. The second-order valence-electron chi connectivity index (χ2n) is 39.1. The lowest BCUT2D eigenvalue weighted by atomic mass is 9.72. The highest BCUT2D eigenvalue weighted by Gasteiger charge is 2.49. The normalized spacial score (nSPS) is 13.8. The van der Waals surface area contributed by atoms with Crippen molar-refractivity contribution in [1.29, 1.82) is 0 Å². The molecule has 2 aliphatic carbocycles. The molecule has 0 saturated carbocycles. The third kappa shape index (κ3) is 11.5. The van der Waals surface area contributed by atoms with E-state index in [4.69, 9.17) is 8.83 Å². The van der Waals surface area contributed by atoms with E-state index in [1.807, 2.05) is 0 Å². The summed E-state index contributed by atoms with van der Waals surface area (Å²) in [6.07, 6.45) is 0. The van der Waals surface area contributed by atoms with E-state index in [1.54, 1.807) is 0 Å². The molecule has 0 atom stereocenters. The quantitative estimate of drug-likeness (QED) is 0.137. The summed E-state index contributed by atoms with van der Waals surface area (Å²) in [6.45, 7) is 37.7. The van der Waals surface area contributed by atoms with Gasteiger partial charge in [-0.3, -0.25) is 0 Å². The van der Waals surface area contributed by atoms with Gasteiger partial charge in [-0.15, -0.1) is 0 Å². The maximum Gasteiger partial charge on any atom is 0.160 e. The first kappa shape index (κ1) is 74.5.